The summed E-state index contributed by atoms with van der Waals surface area (Å²) in [7, 11) is 1.43. The van der Waals surface area contributed by atoms with Crippen LogP contribution in [0.1, 0.15) is 0 Å². The van der Waals surface area contributed by atoms with Gasteiger partial charge in [0.1, 0.15) is 28.1 Å². The van der Waals surface area contributed by atoms with Crippen LogP contribution < -0.4 is 19.6 Å². The van der Waals surface area contributed by atoms with Crippen molar-refractivity contribution in [1.29, 1.82) is 0 Å². The van der Waals surface area contributed by atoms with Crippen molar-refractivity contribution >= 4 is 21.9 Å². The summed E-state index contributed by atoms with van der Waals surface area (Å²) in [4.78, 5) is 12.7. The predicted octanol–water partition coefficient (Wildman–Crippen LogP) is 2.39. The Kier molecular flexibility index (Phi) is 2.29. The Hall–Kier alpha value is -2.89. The van der Waals surface area contributed by atoms with E-state index in [1.807, 2.05) is 0 Å². The number of ether oxygens (including phenoxy) is 3. The number of fused-ring (bicyclic) bond motifs is 3. The first-order chi connectivity index (χ1) is 10.2. The number of methoxy groups -OCH3 is 1. The molecular weight excluding hydrogens is 276 g/mol. The van der Waals surface area contributed by atoms with E-state index >= 15 is 0 Å². The van der Waals surface area contributed by atoms with Crippen LogP contribution in [-0.2, 0) is 0 Å². The molecule has 2 aromatic carbocycles. The molecule has 0 saturated carbocycles. The minimum Gasteiger partial charge on any atom is -0.508 e. The Labute approximate surface area is 118 Å². The van der Waals surface area contributed by atoms with Crippen molar-refractivity contribution in [3.8, 4) is 23.0 Å². The average Bonchev–Trinajstić information content (AvgIpc) is 2.91. The minimum atomic E-state index is -0.249. The van der Waals surface area contributed by atoms with Gasteiger partial charge in [0.2, 0.25) is 12.2 Å². The normalized spacial score (nSPS) is 13.0. The molecule has 0 amide bonds. The number of hydrogen-bond acceptors (Lipinski definition) is 6. The number of hydrogen-bond donors (Lipinski definition) is 1. The Balaban J connectivity index is 2.19. The molecule has 4 rings (SSSR count). The van der Waals surface area contributed by atoms with E-state index in [0.29, 0.717) is 22.5 Å². The van der Waals surface area contributed by atoms with E-state index in [0.717, 1.165) is 0 Å². The van der Waals surface area contributed by atoms with Gasteiger partial charge >= 0.3 is 0 Å². The fourth-order valence-corrected chi connectivity index (χ4v) is 2.48. The van der Waals surface area contributed by atoms with E-state index in [-0.39, 0.29) is 34.7 Å². The summed E-state index contributed by atoms with van der Waals surface area (Å²) in [5, 5.41) is 10.3. The molecule has 21 heavy (non-hydrogen) atoms. The van der Waals surface area contributed by atoms with E-state index in [9.17, 15) is 9.90 Å². The third-order valence-corrected chi connectivity index (χ3v) is 3.44. The average molecular weight is 286 g/mol. The van der Waals surface area contributed by atoms with Gasteiger partial charge in [-0.3, -0.25) is 4.79 Å². The number of rotatable bonds is 1. The van der Waals surface area contributed by atoms with Gasteiger partial charge in [-0.2, -0.15) is 0 Å². The molecule has 106 valence electrons. The third-order valence-electron chi connectivity index (χ3n) is 3.44. The molecule has 0 bridgehead atoms. The Bertz CT molecular complexity index is 940. The maximum atomic E-state index is 12.7. The minimum absolute atomic E-state index is 0.0393. The second-order valence-electron chi connectivity index (χ2n) is 4.65. The van der Waals surface area contributed by atoms with Crippen LogP contribution >= 0.6 is 0 Å². The summed E-state index contributed by atoms with van der Waals surface area (Å²) < 4.78 is 21.4. The lowest BCUT2D eigenvalue weighted by atomic mass is 10.1. The van der Waals surface area contributed by atoms with Crippen LogP contribution in [0.2, 0.25) is 0 Å². The molecule has 6 heteroatoms. The van der Waals surface area contributed by atoms with Gasteiger partial charge in [-0.1, -0.05) is 0 Å². The first-order valence-electron chi connectivity index (χ1n) is 6.24. The molecule has 3 aromatic rings. The van der Waals surface area contributed by atoms with Crippen molar-refractivity contribution in [3.63, 3.8) is 0 Å². The molecule has 0 aliphatic carbocycles. The Morgan fingerprint density at radius 1 is 1.10 bits per heavy atom. The lowest BCUT2D eigenvalue weighted by Gasteiger charge is -2.07. The number of benzene rings is 2. The number of phenolic OH excluding ortho intramolecular Hbond substituents is 1. The van der Waals surface area contributed by atoms with E-state index in [1.165, 1.54) is 19.2 Å². The first-order valence-corrected chi connectivity index (χ1v) is 6.24. The van der Waals surface area contributed by atoms with Crippen LogP contribution in [0.15, 0.2) is 33.5 Å². The highest BCUT2D eigenvalue weighted by Gasteiger charge is 2.19. The molecule has 0 atom stereocenters. The highest BCUT2D eigenvalue weighted by Crippen LogP contribution is 2.37. The van der Waals surface area contributed by atoms with E-state index in [4.69, 9.17) is 18.6 Å². The molecular formula is C15H10O6. The summed E-state index contributed by atoms with van der Waals surface area (Å²) in [6.07, 6.45) is 0. The molecule has 1 aliphatic rings. The van der Waals surface area contributed by atoms with Crippen molar-refractivity contribution in [3.05, 3.63) is 34.5 Å². The number of phenols is 1. The van der Waals surface area contributed by atoms with Crippen LogP contribution in [-0.4, -0.2) is 19.0 Å². The lowest BCUT2D eigenvalue weighted by molar-refractivity contribution is 0.174. The van der Waals surface area contributed by atoms with Crippen molar-refractivity contribution in [1.82, 2.24) is 0 Å². The Morgan fingerprint density at radius 3 is 2.62 bits per heavy atom. The smallest absolute Gasteiger partial charge is 0.231 e. The molecule has 1 aliphatic heterocycles. The second kappa shape index (κ2) is 4.05. The zero-order valence-corrected chi connectivity index (χ0v) is 11.0. The van der Waals surface area contributed by atoms with Gasteiger partial charge in [0.15, 0.2) is 11.5 Å². The monoisotopic (exact) mass is 286 g/mol. The summed E-state index contributed by atoms with van der Waals surface area (Å²) in [6, 6.07) is 5.95. The van der Waals surface area contributed by atoms with Crippen LogP contribution in [0.4, 0.5) is 0 Å². The van der Waals surface area contributed by atoms with Gasteiger partial charge in [-0.05, 0) is 6.07 Å². The molecule has 0 spiro atoms. The predicted molar refractivity (Wildman–Crippen MR) is 74.3 cm³/mol. The summed E-state index contributed by atoms with van der Waals surface area (Å²) in [5.74, 6) is 1.25. The van der Waals surface area contributed by atoms with Gasteiger partial charge in [0.05, 0.1) is 12.5 Å². The molecule has 1 aromatic heterocycles. The third kappa shape index (κ3) is 1.62. The zero-order chi connectivity index (χ0) is 14.6. The largest absolute Gasteiger partial charge is 0.508 e. The van der Waals surface area contributed by atoms with Crippen LogP contribution in [0.5, 0.6) is 23.0 Å². The topological polar surface area (TPSA) is 78.1 Å². The molecule has 0 fully saturated rings. The van der Waals surface area contributed by atoms with Crippen molar-refractivity contribution in [2.75, 3.05) is 13.9 Å². The molecule has 0 radical (unpaired) electrons. The maximum absolute atomic E-state index is 12.7. The number of aromatic hydroxyl groups is 1. The van der Waals surface area contributed by atoms with Crippen molar-refractivity contribution < 1.29 is 23.7 Å². The Morgan fingerprint density at radius 2 is 1.86 bits per heavy atom. The summed E-state index contributed by atoms with van der Waals surface area (Å²) in [5.41, 5.74) is 0.369. The first kappa shape index (κ1) is 11.9. The van der Waals surface area contributed by atoms with Gasteiger partial charge in [0.25, 0.3) is 0 Å². The highest BCUT2D eigenvalue weighted by atomic mass is 16.7. The van der Waals surface area contributed by atoms with E-state index < -0.39 is 0 Å². The molecule has 2 heterocycles. The van der Waals surface area contributed by atoms with Gasteiger partial charge < -0.3 is 23.7 Å². The molecule has 0 unspecified atom stereocenters. The SMILES string of the molecule is COc1cc(O)cc2oc3cc4c(cc3c(=O)c12)OCO4. The van der Waals surface area contributed by atoms with E-state index in [2.05, 4.69) is 0 Å². The highest BCUT2D eigenvalue weighted by molar-refractivity contribution is 5.95. The van der Waals surface area contributed by atoms with Gasteiger partial charge in [-0.25, -0.2) is 0 Å². The second-order valence-corrected chi connectivity index (χ2v) is 4.65. The quantitative estimate of drug-likeness (QED) is 0.692. The fourth-order valence-electron chi connectivity index (χ4n) is 2.48. The van der Waals surface area contributed by atoms with Crippen LogP contribution in [0.25, 0.3) is 21.9 Å². The summed E-state index contributed by atoms with van der Waals surface area (Å²) in [6.45, 7) is 0.115. The fraction of sp³-hybridized carbons (Fsp3) is 0.133. The lowest BCUT2D eigenvalue weighted by Crippen LogP contribution is -2.04. The van der Waals surface area contributed by atoms with Crippen molar-refractivity contribution in [2.24, 2.45) is 0 Å². The molecule has 0 saturated heterocycles. The molecule has 1 N–H and O–H groups in total. The van der Waals surface area contributed by atoms with E-state index in [1.54, 1.807) is 12.1 Å². The summed E-state index contributed by atoms with van der Waals surface area (Å²) >= 11 is 0. The van der Waals surface area contributed by atoms with Crippen molar-refractivity contribution in [2.45, 2.75) is 0 Å². The van der Waals surface area contributed by atoms with Gasteiger partial charge in [0, 0.05) is 18.2 Å². The molecule has 6 nitrogen and oxygen atoms in total. The van der Waals surface area contributed by atoms with Crippen LogP contribution in [0, 0.1) is 0 Å². The zero-order valence-electron chi connectivity index (χ0n) is 11.0. The van der Waals surface area contributed by atoms with Gasteiger partial charge in [-0.15, -0.1) is 0 Å². The standard InChI is InChI=1S/C15H10O6/c1-18-12-2-7(16)3-13-14(12)15(17)8-4-10-11(20-6-19-10)5-9(8)21-13/h2-5,16H,6H2,1H3. The maximum Gasteiger partial charge on any atom is 0.231 e. The van der Waals surface area contributed by atoms with Crippen LogP contribution in [0.3, 0.4) is 0 Å².